The molecule has 0 saturated carbocycles. The molecule has 8 nitrogen and oxygen atoms in total. The second-order valence-electron chi connectivity index (χ2n) is 7.10. The van der Waals surface area contributed by atoms with Crippen molar-refractivity contribution in [3.63, 3.8) is 0 Å². The molecule has 29 heavy (non-hydrogen) atoms. The van der Waals surface area contributed by atoms with Gasteiger partial charge in [0, 0.05) is 6.42 Å². The molecule has 0 amide bonds. The van der Waals surface area contributed by atoms with Gasteiger partial charge < -0.3 is 0 Å². The number of aromatic nitrogens is 8. The van der Waals surface area contributed by atoms with Gasteiger partial charge in [-0.3, -0.25) is 4.57 Å². The molecular formula is C21H16N8. The lowest BCUT2D eigenvalue weighted by atomic mass is 10.1. The van der Waals surface area contributed by atoms with Gasteiger partial charge in [0.05, 0.1) is 40.8 Å². The normalized spacial score (nSPS) is 12.2. The summed E-state index contributed by atoms with van der Waals surface area (Å²) in [5.74, 6) is 0. The van der Waals surface area contributed by atoms with Crippen LogP contribution in [0.1, 0.15) is 17.0 Å². The van der Waals surface area contributed by atoms with Crippen LogP contribution < -0.4 is 0 Å². The molecule has 3 aromatic heterocycles. The molecule has 4 heterocycles. The topological polar surface area (TPSA) is 79.2 Å². The maximum absolute atomic E-state index is 4.69. The SMILES string of the molecule is Cc1ccc2c(c1)-n1nncc1Cc1c(-c3cn(-c4ccccc4)nn3)ncn1-2. The first-order valence-electron chi connectivity index (χ1n) is 9.33. The van der Waals surface area contributed by atoms with Gasteiger partial charge in [0.25, 0.3) is 0 Å². The molecule has 0 saturated heterocycles. The largest absolute Gasteiger partial charge is 0.300 e. The second-order valence-corrected chi connectivity index (χ2v) is 7.10. The second kappa shape index (κ2) is 5.96. The number of hydrogen-bond acceptors (Lipinski definition) is 5. The van der Waals surface area contributed by atoms with Gasteiger partial charge in [-0.1, -0.05) is 34.7 Å². The molecule has 0 atom stereocenters. The zero-order valence-corrected chi connectivity index (χ0v) is 15.6. The number of para-hydroxylation sites is 1. The number of imidazole rings is 1. The highest BCUT2D eigenvalue weighted by atomic mass is 15.4. The van der Waals surface area contributed by atoms with E-state index in [0.29, 0.717) is 6.42 Å². The van der Waals surface area contributed by atoms with E-state index in [0.717, 1.165) is 39.8 Å². The van der Waals surface area contributed by atoms with Crippen molar-refractivity contribution in [1.29, 1.82) is 0 Å². The average molecular weight is 380 g/mol. The summed E-state index contributed by atoms with van der Waals surface area (Å²) in [5.41, 5.74) is 7.73. The van der Waals surface area contributed by atoms with E-state index in [4.69, 9.17) is 4.98 Å². The van der Waals surface area contributed by atoms with Crippen LogP contribution in [-0.4, -0.2) is 39.5 Å². The van der Waals surface area contributed by atoms with Gasteiger partial charge in [-0.25, -0.2) is 14.3 Å². The lowest BCUT2D eigenvalue weighted by Crippen LogP contribution is -2.03. The zero-order chi connectivity index (χ0) is 19.4. The lowest BCUT2D eigenvalue weighted by Gasteiger charge is -2.10. The first kappa shape index (κ1) is 15.9. The summed E-state index contributed by atoms with van der Waals surface area (Å²) in [4.78, 5) is 4.69. The molecule has 0 N–H and O–H groups in total. The molecule has 140 valence electrons. The highest BCUT2D eigenvalue weighted by molar-refractivity contribution is 5.64. The minimum Gasteiger partial charge on any atom is -0.300 e. The quantitative estimate of drug-likeness (QED) is 0.461. The van der Waals surface area contributed by atoms with Crippen LogP contribution in [0.4, 0.5) is 0 Å². The van der Waals surface area contributed by atoms with Crippen LogP contribution >= 0.6 is 0 Å². The Balaban J connectivity index is 1.53. The Morgan fingerprint density at radius 3 is 2.76 bits per heavy atom. The molecule has 0 aliphatic carbocycles. The predicted octanol–water partition coefficient (Wildman–Crippen LogP) is 2.91. The smallest absolute Gasteiger partial charge is 0.133 e. The summed E-state index contributed by atoms with van der Waals surface area (Å²) < 4.78 is 5.78. The van der Waals surface area contributed by atoms with Crippen LogP contribution in [0.5, 0.6) is 0 Å². The van der Waals surface area contributed by atoms with Gasteiger partial charge in [-0.2, -0.15) is 0 Å². The Kier molecular flexibility index (Phi) is 3.28. The predicted molar refractivity (Wildman–Crippen MR) is 106 cm³/mol. The Morgan fingerprint density at radius 2 is 1.86 bits per heavy atom. The number of benzene rings is 2. The number of fused-ring (bicyclic) bond motifs is 5. The fraction of sp³-hybridized carbons (Fsp3) is 0.0952. The molecule has 1 aliphatic rings. The van der Waals surface area contributed by atoms with E-state index in [-0.39, 0.29) is 0 Å². The molecule has 0 bridgehead atoms. The summed E-state index contributed by atoms with van der Waals surface area (Å²) in [6.07, 6.45) is 6.21. The van der Waals surface area contributed by atoms with Gasteiger partial charge in [-0.05, 0) is 36.8 Å². The van der Waals surface area contributed by atoms with E-state index >= 15 is 0 Å². The summed E-state index contributed by atoms with van der Waals surface area (Å²) in [5, 5.41) is 17.1. The maximum atomic E-state index is 4.69. The van der Waals surface area contributed by atoms with Crippen LogP contribution in [0, 0.1) is 6.92 Å². The molecule has 2 aromatic carbocycles. The van der Waals surface area contributed by atoms with E-state index < -0.39 is 0 Å². The Morgan fingerprint density at radius 1 is 0.966 bits per heavy atom. The minimum absolute atomic E-state index is 0.647. The van der Waals surface area contributed by atoms with Crippen molar-refractivity contribution < 1.29 is 0 Å². The first-order valence-corrected chi connectivity index (χ1v) is 9.33. The fourth-order valence-corrected chi connectivity index (χ4v) is 3.80. The molecule has 5 aromatic rings. The molecular weight excluding hydrogens is 364 g/mol. The van der Waals surface area contributed by atoms with Gasteiger partial charge in [0.1, 0.15) is 17.7 Å². The highest BCUT2D eigenvalue weighted by Crippen LogP contribution is 2.32. The Bertz CT molecular complexity index is 1340. The third kappa shape index (κ3) is 2.42. The van der Waals surface area contributed by atoms with Gasteiger partial charge in [-0.15, -0.1) is 10.2 Å². The van der Waals surface area contributed by atoms with E-state index in [2.05, 4.69) is 50.3 Å². The lowest BCUT2D eigenvalue weighted by molar-refractivity contribution is 0.777. The van der Waals surface area contributed by atoms with Crippen molar-refractivity contribution >= 4 is 0 Å². The van der Waals surface area contributed by atoms with E-state index in [9.17, 15) is 0 Å². The third-order valence-electron chi connectivity index (χ3n) is 5.21. The van der Waals surface area contributed by atoms with Crippen molar-refractivity contribution in [3.8, 4) is 28.5 Å². The number of hydrogen-bond donors (Lipinski definition) is 0. The monoisotopic (exact) mass is 380 g/mol. The molecule has 6 rings (SSSR count). The fourth-order valence-electron chi connectivity index (χ4n) is 3.80. The summed E-state index contributed by atoms with van der Waals surface area (Å²) in [6, 6.07) is 16.2. The molecule has 0 radical (unpaired) electrons. The maximum Gasteiger partial charge on any atom is 0.133 e. The molecule has 0 unspecified atom stereocenters. The summed E-state index contributed by atoms with van der Waals surface area (Å²) >= 11 is 0. The number of aryl methyl sites for hydroxylation is 1. The molecule has 0 fully saturated rings. The van der Waals surface area contributed by atoms with Crippen molar-refractivity contribution in [2.24, 2.45) is 0 Å². The number of rotatable bonds is 2. The van der Waals surface area contributed by atoms with E-state index in [1.807, 2.05) is 47.5 Å². The summed E-state index contributed by atoms with van der Waals surface area (Å²) in [6.45, 7) is 2.07. The number of nitrogens with zero attached hydrogens (tertiary/aromatic N) is 8. The van der Waals surface area contributed by atoms with Crippen LogP contribution in [0.3, 0.4) is 0 Å². The van der Waals surface area contributed by atoms with Crippen LogP contribution in [-0.2, 0) is 6.42 Å². The standard InChI is InChI=1S/C21H16N8/c1-14-7-8-18-19(9-14)29-16(11-23-25-29)10-20-21(22-13-27(18)20)17-12-28(26-24-17)15-5-3-2-4-6-15/h2-9,11-13H,10H2,1H3. The van der Waals surface area contributed by atoms with Gasteiger partial charge >= 0.3 is 0 Å². The van der Waals surface area contributed by atoms with Gasteiger partial charge in [0.15, 0.2) is 0 Å². The van der Waals surface area contributed by atoms with E-state index in [1.165, 1.54) is 5.56 Å². The van der Waals surface area contributed by atoms with Crippen molar-refractivity contribution in [3.05, 3.63) is 84.2 Å². The van der Waals surface area contributed by atoms with Crippen LogP contribution in [0.15, 0.2) is 67.3 Å². The third-order valence-corrected chi connectivity index (χ3v) is 5.21. The van der Waals surface area contributed by atoms with Crippen molar-refractivity contribution in [2.45, 2.75) is 13.3 Å². The molecule has 1 aliphatic heterocycles. The van der Waals surface area contributed by atoms with E-state index in [1.54, 1.807) is 10.9 Å². The average Bonchev–Trinajstić information content (AvgIpc) is 3.48. The van der Waals surface area contributed by atoms with Crippen molar-refractivity contribution in [2.75, 3.05) is 0 Å². The van der Waals surface area contributed by atoms with Crippen molar-refractivity contribution in [1.82, 2.24) is 39.5 Å². The molecule has 0 spiro atoms. The highest BCUT2D eigenvalue weighted by Gasteiger charge is 2.25. The molecule has 8 heteroatoms. The van der Waals surface area contributed by atoms with Gasteiger partial charge in [0.2, 0.25) is 0 Å². The van der Waals surface area contributed by atoms with Crippen LogP contribution in [0.25, 0.3) is 28.5 Å². The summed E-state index contributed by atoms with van der Waals surface area (Å²) in [7, 11) is 0. The first-order chi connectivity index (χ1) is 14.3. The Hall–Kier alpha value is -4.07. The zero-order valence-electron chi connectivity index (χ0n) is 15.6. The minimum atomic E-state index is 0.647. The Labute approximate surface area is 166 Å². The van der Waals surface area contributed by atoms with Crippen LogP contribution in [0.2, 0.25) is 0 Å².